The normalized spacial score (nSPS) is 12.2. The summed E-state index contributed by atoms with van der Waals surface area (Å²) in [7, 11) is 0. The lowest BCUT2D eigenvalue weighted by molar-refractivity contribution is 0.0934. The maximum Gasteiger partial charge on any atom is 0.267 e. The van der Waals surface area contributed by atoms with Crippen LogP contribution in [-0.4, -0.2) is 22.7 Å². The van der Waals surface area contributed by atoms with Crippen molar-refractivity contribution in [3.05, 3.63) is 23.5 Å². The second-order valence-electron chi connectivity index (χ2n) is 3.64. The van der Waals surface area contributed by atoms with Crippen LogP contribution in [0.2, 0.25) is 0 Å². The summed E-state index contributed by atoms with van der Waals surface area (Å²) in [4.78, 5) is 25.4. The van der Waals surface area contributed by atoms with Gasteiger partial charge in [-0.25, -0.2) is 0 Å². The number of nitrogens with one attached hydrogen (secondary N) is 2. The van der Waals surface area contributed by atoms with Gasteiger partial charge in [0, 0.05) is 17.8 Å². The van der Waals surface area contributed by atoms with E-state index in [4.69, 9.17) is 0 Å². The van der Waals surface area contributed by atoms with Crippen molar-refractivity contribution < 1.29 is 9.59 Å². The van der Waals surface area contributed by atoms with Crippen LogP contribution in [0.25, 0.3) is 0 Å². The fourth-order valence-electron chi connectivity index (χ4n) is 1.13. The van der Waals surface area contributed by atoms with E-state index in [9.17, 15) is 9.59 Å². The molecule has 0 unspecified atom stereocenters. The first-order chi connectivity index (χ1) is 7.04. The molecule has 0 saturated carbocycles. The number of carbonyl (C=O) groups is 2. The minimum atomic E-state index is -0.170. The van der Waals surface area contributed by atoms with Crippen LogP contribution in [0, 0.1) is 0 Å². The van der Waals surface area contributed by atoms with Gasteiger partial charge in [-0.1, -0.05) is 6.92 Å². The summed E-state index contributed by atoms with van der Waals surface area (Å²) >= 11 is 0. The molecular formula is C11H16N2O2. The quantitative estimate of drug-likeness (QED) is 0.740. The molecule has 2 N–H and O–H groups in total. The number of aromatic amines is 1. The number of hydrogen-bond donors (Lipinski definition) is 2. The van der Waals surface area contributed by atoms with Crippen LogP contribution < -0.4 is 5.32 Å². The van der Waals surface area contributed by atoms with E-state index >= 15 is 0 Å². The molecule has 4 heteroatoms. The zero-order valence-electron chi connectivity index (χ0n) is 9.26. The minimum absolute atomic E-state index is 0.0474. The number of Topliss-reactive ketones (excluding diaryl/α,β-unsaturated/α-hetero) is 1. The second-order valence-corrected chi connectivity index (χ2v) is 3.64. The number of ketones is 1. The fraction of sp³-hybridized carbons (Fsp3) is 0.455. The molecule has 0 bridgehead atoms. The van der Waals surface area contributed by atoms with Crippen LogP contribution in [0.15, 0.2) is 12.3 Å². The lowest BCUT2D eigenvalue weighted by Gasteiger charge is -2.09. The van der Waals surface area contributed by atoms with Crippen LogP contribution in [0.5, 0.6) is 0 Å². The van der Waals surface area contributed by atoms with E-state index in [1.54, 1.807) is 12.3 Å². The largest absolute Gasteiger partial charge is 0.356 e. The fourth-order valence-corrected chi connectivity index (χ4v) is 1.13. The van der Waals surface area contributed by atoms with E-state index in [0.29, 0.717) is 11.3 Å². The van der Waals surface area contributed by atoms with Gasteiger partial charge in [0.1, 0.15) is 5.69 Å². The van der Waals surface area contributed by atoms with Gasteiger partial charge in [0.25, 0.3) is 5.91 Å². The topological polar surface area (TPSA) is 62.0 Å². The maximum absolute atomic E-state index is 11.6. The molecule has 1 atom stereocenters. The Kier molecular flexibility index (Phi) is 3.66. The molecule has 0 aliphatic carbocycles. The van der Waals surface area contributed by atoms with Crippen LogP contribution in [0.4, 0.5) is 0 Å². The Morgan fingerprint density at radius 1 is 1.53 bits per heavy atom. The second kappa shape index (κ2) is 4.77. The third-order valence-electron chi connectivity index (χ3n) is 2.32. The Morgan fingerprint density at radius 3 is 2.67 bits per heavy atom. The monoisotopic (exact) mass is 208 g/mol. The molecule has 0 radical (unpaired) electrons. The van der Waals surface area contributed by atoms with Crippen LogP contribution in [-0.2, 0) is 0 Å². The Bertz CT molecular complexity index is 368. The summed E-state index contributed by atoms with van der Waals surface area (Å²) in [6, 6.07) is 1.71. The van der Waals surface area contributed by atoms with E-state index in [2.05, 4.69) is 10.3 Å². The highest BCUT2D eigenvalue weighted by Crippen LogP contribution is 2.04. The van der Waals surface area contributed by atoms with Crippen LogP contribution >= 0.6 is 0 Å². The summed E-state index contributed by atoms with van der Waals surface area (Å²) in [5, 5.41) is 2.82. The first kappa shape index (κ1) is 11.5. The first-order valence-corrected chi connectivity index (χ1v) is 5.04. The van der Waals surface area contributed by atoms with Gasteiger partial charge in [0.15, 0.2) is 5.78 Å². The van der Waals surface area contributed by atoms with Crippen molar-refractivity contribution in [1.82, 2.24) is 10.3 Å². The van der Waals surface area contributed by atoms with Crippen LogP contribution in [0.3, 0.4) is 0 Å². The van der Waals surface area contributed by atoms with E-state index in [1.165, 1.54) is 6.92 Å². The van der Waals surface area contributed by atoms with Crippen molar-refractivity contribution in [2.75, 3.05) is 0 Å². The number of amides is 1. The summed E-state index contributed by atoms with van der Waals surface area (Å²) in [6.07, 6.45) is 2.43. The van der Waals surface area contributed by atoms with E-state index in [1.807, 2.05) is 13.8 Å². The minimum Gasteiger partial charge on any atom is -0.356 e. The molecule has 82 valence electrons. The van der Waals surface area contributed by atoms with Gasteiger partial charge in [-0.05, 0) is 26.3 Å². The molecule has 0 aliphatic heterocycles. The van der Waals surface area contributed by atoms with Gasteiger partial charge >= 0.3 is 0 Å². The van der Waals surface area contributed by atoms with Crippen molar-refractivity contribution >= 4 is 11.7 Å². The van der Waals surface area contributed by atoms with Crippen molar-refractivity contribution in [2.45, 2.75) is 33.2 Å². The van der Waals surface area contributed by atoms with Crippen molar-refractivity contribution in [3.63, 3.8) is 0 Å². The Balaban J connectivity index is 2.70. The number of hydrogen-bond acceptors (Lipinski definition) is 2. The average Bonchev–Trinajstić information content (AvgIpc) is 2.66. The van der Waals surface area contributed by atoms with Crippen molar-refractivity contribution in [3.8, 4) is 0 Å². The highest BCUT2D eigenvalue weighted by Gasteiger charge is 2.11. The Morgan fingerprint density at radius 2 is 2.20 bits per heavy atom. The summed E-state index contributed by atoms with van der Waals surface area (Å²) in [5.41, 5.74) is 0.963. The molecule has 1 aromatic heterocycles. The summed E-state index contributed by atoms with van der Waals surface area (Å²) in [6.45, 7) is 5.41. The predicted octanol–water partition coefficient (Wildman–Crippen LogP) is 1.75. The lowest BCUT2D eigenvalue weighted by Crippen LogP contribution is -2.32. The van der Waals surface area contributed by atoms with Gasteiger partial charge in [-0.2, -0.15) is 0 Å². The van der Waals surface area contributed by atoms with Gasteiger partial charge < -0.3 is 10.3 Å². The Labute approximate surface area is 89.1 Å². The molecule has 0 spiro atoms. The molecule has 0 saturated heterocycles. The third kappa shape index (κ3) is 2.94. The number of carbonyl (C=O) groups excluding carboxylic acids is 2. The SMILES string of the molecule is CC[C@H](C)NC(=O)c1cc(C(C)=O)c[nH]1. The van der Waals surface area contributed by atoms with Crippen LogP contribution in [0.1, 0.15) is 48.0 Å². The molecule has 0 fully saturated rings. The average molecular weight is 208 g/mol. The lowest BCUT2D eigenvalue weighted by atomic mass is 10.2. The molecule has 0 aliphatic rings. The van der Waals surface area contributed by atoms with Crippen molar-refractivity contribution in [2.24, 2.45) is 0 Å². The molecule has 1 aromatic rings. The smallest absolute Gasteiger partial charge is 0.267 e. The zero-order chi connectivity index (χ0) is 11.4. The van der Waals surface area contributed by atoms with E-state index < -0.39 is 0 Å². The standard InChI is InChI=1S/C11H16N2O2/c1-4-7(2)13-11(15)10-5-9(6-12-10)8(3)14/h5-7,12H,4H2,1-3H3,(H,13,15)/t7-/m0/s1. The van der Waals surface area contributed by atoms with E-state index in [-0.39, 0.29) is 17.7 Å². The van der Waals surface area contributed by atoms with Crippen molar-refractivity contribution in [1.29, 1.82) is 0 Å². The third-order valence-corrected chi connectivity index (χ3v) is 2.32. The molecule has 0 aromatic carbocycles. The highest BCUT2D eigenvalue weighted by molar-refractivity contribution is 5.99. The molecule has 1 heterocycles. The highest BCUT2D eigenvalue weighted by atomic mass is 16.2. The zero-order valence-corrected chi connectivity index (χ0v) is 9.26. The molecule has 4 nitrogen and oxygen atoms in total. The summed E-state index contributed by atoms with van der Waals surface area (Å²) in [5.74, 6) is -0.217. The summed E-state index contributed by atoms with van der Waals surface area (Å²) < 4.78 is 0. The molecule has 15 heavy (non-hydrogen) atoms. The van der Waals surface area contributed by atoms with Gasteiger partial charge in [-0.15, -0.1) is 0 Å². The van der Waals surface area contributed by atoms with Gasteiger partial charge in [-0.3, -0.25) is 9.59 Å². The predicted molar refractivity (Wildman–Crippen MR) is 58.0 cm³/mol. The number of aromatic nitrogens is 1. The molecule has 1 rings (SSSR count). The number of rotatable bonds is 4. The van der Waals surface area contributed by atoms with Gasteiger partial charge in [0.2, 0.25) is 0 Å². The Hall–Kier alpha value is -1.58. The van der Waals surface area contributed by atoms with Gasteiger partial charge in [0.05, 0.1) is 0 Å². The maximum atomic E-state index is 11.6. The first-order valence-electron chi connectivity index (χ1n) is 5.04. The molecule has 1 amide bonds. The molecular weight excluding hydrogens is 192 g/mol. The number of H-pyrrole nitrogens is 1. The van der Waals surface area contributed by atoms with E-state index in [0.717, 1.165) is 6.42 Å².